The lowest BCUT2D eigenvalue weighted by atomic mass is 9.93. The third-order valence-electron chi connectivity index (χ3n) is 5.17. The van der Waals surface area contributed by atoms with Crippen LogP contribution in [0.4, 0.5) is 0 Å². The molecular weight excluding hydrogens is 354 g/mol. The molecule has 5 rings (SSSR count). The van der Waals surface area contributed by atoms with Crippen LogP contribution in [-0.4, -0.2) is 20.8 Å². The number of pyridine rings is 1. The van der Waals surface area contributed by atoms with Crippen molar-refractivity contribution >= 4 is 17.0 Å². The first-order chi connectivity index (χ1) is 13.3. The van der Waals surface area contributed by atoms with E-state index in [0.29, 0.717) is 12.2 Å². The SMILES string of the molecule is O=c1cc(CN2CCc3sccc3C2c2ccccc2)nc2ccccn12. The molecule has 0 N–H and O–H groups in total. The van der Waals surface area contributed by atoms with Crippen molar-refractivity contribution in [3.63, 3.8) is 0 Å². The number of thiophene rings is 1. The zero-order chi connectivity index (χ0) is 18.2. The summed E-state index contributed by atoms with van der Waals surface area (Å²) in [6.45, 7) is 1.62. The summed E-state index contributed by atoms with van der Waals surface area (Å²) in [7, 11) is 0. The predicted octanol–water partition coefficient (Wildman–Crippen LogP) is 3.90. The van der Waals surface area contributed by atoms with E-state index in [0.717, 1.165) is 18.7 Å². The summed E-state index contributed by atoms with van der Waals surface area (Å²) in [5, 5.41) is 2.19. The first kappa shape index (κ1) is 16.4. The van der Waals surface area contributed by atoms with Gasteiger partial charge in [-0.1, -0.05) is 36.4 Å². The lowest BCUT2D eigenvalue weighted by Gasteiger charge is -2.36. The second-order valence-electron chi connectivity index (χ2n) is 6.85. The second kappa shape index (κ2) is 6.76. The van der Waals surface area contributed by atoms with Gasteiger partial charge in [0.05, 0.1) is 11.7 Å². The van der Waals surface area contributed by atoms with E-state index < -0.39 is 0 Å². The maximum absolute atomic E-state index is 12.5. The summed E-state index contributed by atoms with van der Waals surface area (Å²) in [4.78, 5) is 21.1. The molecule has 1 aliphatic heterocycles. The van der Waals surface area contributed by atoms with E-state index in [1.165, 1.54) is 16.0 Å². The van der Waals surface area contributed by atoms with Crippen LogP contribution < -0.4 is 5.56 Å². The largest absolute Gasteiger partial charge is 0.286 e. The Morgan fingerprint density at radius 2 is 1.93 bits per heavy atom. The van der Waals surface area contributed by atoms with Gasteiger partial charge in [-0.25, -0.2) is 4.98 Å². The van der Waals surface area contributed by atoms with Gasteiger partial charge >= 0.3 is 0 Å². The van der Waals surface area contributed by atoms with Crippen LogP contribution in [0.3, 0.4) is 0 Å². The quantitative estimate of drug-likeness (QED) is 0.547. The average molecular weight is 373 g/mol. The van der Waals surface area contributed by atoms with Gasteiger partial charge in [0.15, 0.2) is 0 Å². The molecule has 4 heterocycles. The predicted molar refractivity (Wildman–Crippen MR) is 108 cm³/mol. The highest BCUT2D eigenvalue weighted by molar-refractivity contribution is 7.10. The van der Waals surface area contributed by atoms with Gasteiger partial charge in [0.2, 0.25) is 0 Å². The second-order valence-corrected chi connectivity index (χ2v) is 7.85. The van der Waals surface area contributed by atoms with Crippen LogP contribution >= 0.6 is 11.3 Å². The molecule has 5 heteroatoms. The van der Waals surface area contributed by atoms with Crippen molar-refractivity contribution in [2.75, 3.05) is 6.54 Å². The van der Waals surface area contributed by atoms with Crippen molar-refractivity contribution in [2.24, 2.45) is 0 Å². The summed E-state index contributed by atoms with van der Waals surface area (Å²) in [5.74, 6) is 0. The number of aromatic nitrogens is 2. The smallest absolute Gasteiger partial charge is 0.258 e. The fraction of sp³-hybridized carbons (Fsp3) is 0.182. The molecule has 4 aromatic rings. The molecule has 0 saturated heterocycles. The molecule has 0 saturated carbocycles. The van der Waals surface area contributed by atoms with Crippen LogP contribution in [0, 0.1) is 0 Å². The number of hydrogen-bond donors (Lipinski definition) is 0. The van der Waals surface area contributed by atoms with E-state index in [1.54, 1.807) is 16.7 Å². The van der Waals surface area contributed by atoms with Crippen molar-refractivity contribution in [3.05, 3.63) is 104 Å². The Kier molecular flexibility index (Phi) is 4.11. The lowest BCUT2D eigenvalue weighted by Crippen LogP contribution is -2.35. The number of benzene rings is 1. The van der Waals surface area contributed by atoms with Crippen molar-refractivity contribution in [1.82, 2.24) is 14.3 Å². The Morgan fingerprint density at radius 3 is 2.81 bits per heavy atom. The van der Waals surface area contributed by atoms with Crippen molar-refractivity contribution in [3.8, 4) is 0 Å². The van der Waals surface area contributed by atoms with Crippen LogP contribution in [-0.2, 0) is 13.0 Å². The topological polar surface area (TPSA) is 37.6 Å². The summed E-state index contributed by atoms with van der Waals surface area (Å²) in [5.41, 5.74) is 4.17. The molecule has 0 aliphatic carbocycles. The van der Waals surface area contributed by atoms with E-state index in [-0.39, 0.29) is 11.6 Å². The van der Waals surface area contributed by atoms with E-state index in [4.69, 9.17) is 4.98 Å². The molecule has 1 aromatic carbocycles. The molecule has 3 aromatic heterocycles. The first-order valence-electron chi connectivity index (χ1n) is 9.12. The number of hydrogen-bond acceptors (Lipinski definition) is 4. The van der Waals surface area contributed by atoms with Crippen molar-refractivity contribution in [1.29, 1.82) is 0 Å². The average Bonchev–Trinajstić information content (AvgIpc) is 3.17. The fourth-order valence-electron chi connectivity index (χ4n) is 3.96. The maximum atomic E-state index is 12.5. The third-order valence-corrected chi connectivity index (χ3v) is 6.17. The zero-order valence-corrected chi connectivity index (χ0v) is 15.6. The Balaban J connectivity index is 1.55. The standard InChI is InChI=1S/C22H19N3OS/c26-21-14-17(23-20-8-4-5-11-25(20)21)15-24-12-9-19-18(10-13-27-19)22(24)16-6-2-1-3-7-16/h1-8,10-11,13-14,22H,9,12,15H2. The minimum atomic E-state index is -0.0277. The van der Waals surface area contributed by atoms with E-state index >= 15 is 0 Å². The van der Waals surface area contributed by atoms with Gasteiger partial charge in [-0.05, 0) is 41.1 Å². The molecule has 0 amide bonds. The summed E-state index contributed by atoms with van der Waals surface area (Å²) >= 11 is 1.84. The normalized spacial score (nSPS) is 17.1. The molecule has 0 fully saturated rings. The van der Waals surface area contributed by atoms with Crippen molar-refractivity contribution in [2.45, 2.75) is 19.0 Å². The van der Waals surface area contributed by atoms with Crippen LogP contribution in [0.15, 0.2) is 77.0 Å². The lowest BCUT2D eigenvalue weighted by molar-refractivity contribution is 0.204. The molecule has 1 aliphatic rings. The summed E-state index contributed by atoms with van der Waals surface area (Å²) < 4.78 is 1.59. The molecule has 0 radical (unpaired) electrons. The minimum Gasteiger partial charge on any atom is -0.286 e. The van der Waals surface area contributed by atoms with Gasteiger partial charge in [0.1, 0.15) is 5.65 Å². The highest BCUT2D eigenvalue weighted by atomic mass is 32.1. The Morgan fingerprint density at radius 1 is 1.07 bits per heavy atom. The van der Waals surface area contributed by atoms with Gasteiger partial charge in [0, 0.05) is 30.2 Å². The van der Waals surface area contributed by atoms with Gasteiger partial charge in [-0.15, -0.1) is 11.3 Å². The first-order valence-corrected chi connectivity index (χ1v) is 10.0. The molecule has 0 bridgehead atoms. The number of rotatable bonds is 3. The number of nitrogens with zero attached hydrogens (tertiary/aromatic N) is 3. The minimum absolute atomic E-state index is 0.0277. The van der Waals surface area contributed by atoms with E-state index in [1.807, 2.05) is 29.5 Å². The van der Waals surface area contributed by atoms with Gasteiger partial charge in [-0.3, -0.25) is 14.1 Å². The Labute approximate surface area is 161 Å². The van der Waals surface area contributed by atoms with Crippen LogP contribution in [0.1, 0.15) is 27.7 Å². The molecule has 1 unspecified atom stereocenters. The summed E-state index contributed by atoms with van der Waals surface area (Å²) in [6.07, 6.45) is 2.81. The molecule has 4 nitrogen and oxygen atoms in total. The van der Waals surface area contributed by atoms with Gasteiger partial charge in [0.25, 0.3) is 5.56 Å². The van der Waals surface area contributed by atoms with Gasteiger partial charge < -0.3 is 0 Å². The Hall–Kier alpha value is -2.76. The monoisotopic (exact) mass is 373 g/mol. The van der Waals surface area contributed by atoms with E-state index in [9.17, 15) is 4.79 Å². The molecular formula is C22H19N3OS. The maximum Gasteiger partial charge on any atom is 0.258 e. The third kappa shape index (κ3) is 2.99. The van der Waals surface area contributed by atoms with Crippen LogP contribution in [0.5, 0.6) is 0 Å². The molecule has 27 heavy (non-hydrogen) atoms. The molecule has 134 valence electrons. The Bertz CT molecular complexity index is 1150. The number of fused-ring (bicyclic) bond motifs is 2. The molecule has 1 atom stereocenters. The highest BCUT2D eigenvalue weighted by Gasteiger charge is 2.29. The van der Waals surface area contributed by atoms with Gasteiger partial charge in [-0.2, -0.15) is 0 Å². The van der Waals surface area contributed by atoms with E-state index in [2.05, 4.69) is 46.7 Å². The van der Waals surface area contributed by atoms with Crippen LogP contribution in [0.2, 0.25) is 0 Å². The van der Waals surface area contributed by atoms with Crippen molar-refractivity contribution < 1.29 is 0 Å². The van der Waals surface area contributed by atoms with Crippen LogP contribution in [0.25, 0.3) is 5.65 Å². The highest BCUT2D eigenvalue weighted by Crippen LogP contribution is 2.38. The summed E-state index contributed by atoms with van der Waals surface area (Å²) in [6, 6.07) is 20.4. The zero-order valence-electron chi connectivity index (χ0n) is 14.8. The molecule has 0 spiro atoms. The fourth-order valence-corrected chi connectivity index (χ4v) is 4.86.